The van der Waals surface area contributed by atoms with Crippen LogP contribution < -0.4 is 18.9 Å². The molecule has 0 bridgehead atoms. The van der Waals surface area contributed by atoms with Crippen molar-refractivity contribution < 1.29 is 28.0 Å². The normalized spacial score (nSPS) is 14.1. The van der Waals surface area contributed by atoms with Crippen molar-refractivity contribution in [1.82, 2.24) is 20.3 Å². The Morgan fingerprint density at radius 2 is 1.65 bits per heavy atom. The first kappa shape index (κ1) is 17.8. The van der Waals surface area contributed by atoms with Crippen LogP contribution in [-0.4, -0.2) is 40.3 Å². The van der Waals surface area contributed by atoms with Crippen LogP contribution in [0.2, 0.25) is 0 Å². The van der Waals surface area contributed by atoms with Gasteiger partial charge in [0, 0.05) is 6.92 Å². The maximum Gasteiger partial charge on any atom is 0.231 e. The molecular formula is C21H16N4O6. The highest BCUT2D eigenvalue weighted by Gasteiger charge is 2.24. The molecule has 4 heterocycles. The lowest BCUT2D eigenvalue weighted by Gasteiger charge is -2.21. The first-order valence-corrected chi connectivity index (χ1v) is 9.69. The average Bonchev–Trinajstić information content (AvgIpc) is 3.54. The summed E-state index contributed by atoms with van der Waals surface area (Å²) in [6, 6.07) is 9.37. The van der Waals surface area contributed by atoms with E-state index in [1.807, 2.05) is 30.3 Å². The zero-order valence-corrected chi connectivity index (χ0v) is 16.5. The van der Waals surface area contributed by atoms with E-state index in [-0.39, 0.29) is 6.79 Å². The Kier molecular flexibility index (Phi) is 4.01. The Balaban J connectivity index is 1.35. The van der Waals surface area contributed by atoms with Crippen LogP contribution in [0.3, 0.4) is 0 Å². The van der Waals surface area contributed by atoms with Crippen molar-refractivity contribution in [3.05, 3.63) is 47.7 Å². The van der Waals surface area contributed by atoms with E-state index in [2.05, 4.69) is 20.3 Å². The minimum absolute atomic E-state index is 0.173. The van der Waals surface area contributed by atoms with E-state index in [4.69, 9.17) is 28.0 Å². The molecule has 2 aromatic carbocycles. The molecule has 0 N–H and O–H groups in total. The Hall–Kier alpha value is -4.08. The molecule has 4 aromatic rings. The third-order valence-corrected chi connectivity index (χ3v) is 4.93. The van der Waals surface area contributed by atoms with Crippen molar-refractivity contribution in [2.75, 3.05) is 20.0 Å². The number of hydrogen-bond donors (Lipinski definition) is 0. The van der Waals surface area contributed by atoms with Crippen LogP contribution >= 0.6 is 0 Å². The molecule has 6 rings (SSSR count). The van der Waals surface area contributed by atoms with E-state index in [9.17, 15) is 0 Å². The molecule has 2 aliphatic rings. The SMILES string of the molecule is Cc1nc(-c2cc(Cc3nc(-c4cccc5c4OCO5)no3)cc3c2OCCO3)no1. The molecule has 2 aliphatic heterocycles. The fraction of sp³-hybridized carbons (Fsp3) is 0.238. The molecule has 0 unspecified atom stereocenters. The summed E-state index contributed by atoms with van der Waals surface area (Å²) < 4.78 is 33.2. The Labute approximate surface area is 175 Å². The fourth-order valence-corrected chi connectivity index (χ4v) is 3.60. The second kappa shape index (κ2) is 7.01. The number of para-hydroxylation sites is 1. The molecule has 0 fully saturated rings. The van der Waals surface area contributed by atoms with E-state index < -0.39 is 0 Å². The van der Waals surface area contributed by atoms with Gasteiger partial charge in [0.15, 0.2) is 23.0 Å². The molecule has 0 radical (unpaired) electrons. The molecule has 10 nitrogen and oxygen atoms in total. The number of fused-ring (bicyclic) bond motifs is 2. The second-order valence-electron chi connectivity index (χ2n) is 7.03. The van der Waals surface area contributed by atoms with Gasteiger partial charge in [0.1, 0.15) is 13.2 Å². The molecule has 10 heteroatoms. The van der Waals surface area contributed by atoms with Crippen molar-refractivity contribution in [3.63, 3.8) is 0 Å². The van der Waals surface area contributed by atoms with E-state index in [0.29, 0.717) is 71.6 Å². The van der Waals surface area contributed by atoms with Gasteiger partial charge in [0.25, 0.3) is 0 Å². The largest absolute Gasteiger partial charge is 0.486 e. The minimum Gasteiger partial charge on any atom is -0.486 e. The van der Waals surface area contributed by atoms with Crippen LogP contribution in [0, 0.1) is 6.92 Å². The van der Waals surface area contributed by atoms with E-state index in [1.54, 1.807) is 6.92 Å². The van der Waals surface area contributed by atoms with E-state index >= 15 is 0 Å². The molecule has 0 atom stereocenters. The first-order chi connectivity index (χ1) is 15.2. The van der Waals surface area contributed by atoms with Crippen molar-refractivity contribution >= 4 is 0 Å². The van der Waals surface area contributed by atoms with Crippen molar-refractivity contribution in [2.45, 2.75) is 13.3 Å². The van der Waals surface area contributed by atoms with Crippen LogP contribution in [0.5, 0.6) is 23.0 Å². The molecule has 0 saturated carbocycles. The third-order valence-electron chi connectivity index (χ3n) is 4.93. The monoisotopic (exact) mass is 420 g/mol. The van der Waals surface area contributed by atoms with Gasteiger partial charge in [0.05, 0.1) is 17.5 Å². The van der Waals surface area contributed by atoms with Crippen LogP contribution in [-0.2, 0) is 6.42 Å². The Bertz CT molecular complexity index is 1280. The lowest BCUT2D eigenvalue weighted by molar-refractivity contribution is 0.172. The number of hydrogen-bond acceptors (Lipinski definition) is 10. The van der Waals surface area contributed by atoms with Gasteiger partial charge >= 0.3 is 0 Å². The van der Waals surface area contributed by atoms with Crippen LogP contribution in [0.25, 0.3) is 22.8 Å². The standard InChI is InChI=1S/C21H16N4O6/c1-11-22-21(24-30-11)14-7-12(8-16-19(14)27-6-5-26-16)9-17-23-20(25-31-17)13-3-2-4-15-18(13)29-10-28-15/h2-4,7-8H,5-6,9-10H2,1H3. The topological polar surface area (TPSA) is 115 Å². The summed E-state index contributed by atoms with van der Waals surface area (Å²) >= 11 is 0. The highest BCUT2D eigenvalue weighted by atomic mass is 16.7. The van der Waals surface area contributed by atoms with Gasteiger partial charge in [0.2, 0.25) is 30.2 Å². The first-order valence-electron chi connectivity index (χ1n) is 9.69. The maximum absolute atomic E-state index is 5.80. The summed E-state index contributed by atoms with van der Waals surface area (Å²) in [6.45, 7) is 2.83. The van der Waals surface area contributed by atoms with Crippen LogP contribution in [0.4, 0.5) is 0 Å². The van der Waals surface area contributed by atoms with Gasteiger partial charge in [-0.25, -0.2) is 0 Å². The van der Waals surface area contributed by atoms with Crippen LogP contribution in [0.1, 0.15) is 17.3 Å². The smallest absolute Gasteiger partial charge is 0.231 e. The Morgan fingerprint density at radius 3 is 2.55 bits per heavy atom. The third kappa shape index (κ3) is 3.12. The van der Waals surface area contributed by atoms with E-state index in [1.165, 1.54) is 0 Å². The highest BCUT2D eigenvalue weighted by Crippen LogP contribution is 2.42. The van der Waals surface area contributed by atoms with E-state index in [0.717, 1.165) is 11.1 Å². The number of ether oxygens (including phenoxy) is 4. The molecule has 156 valence electrons. The number of rotatable bonds is 4. The van der Waals surface area contributed by atoms with Gasteiger partial charge in [-0.2, -0.15) is 9.97 Å². The van der Waals surface area contributed by atoms with Crippen molar-refractivity contribution in [1.29, 1.82) is 0 Å². The lowest BCUT2D eigenvalue weighted by atomic mass is 10.0. The van der Waals surface area contributed by atoms with Gasteiger partial charge < -0.3 is 28.0 Å². The average molecular weight is 420 g/mol. The molecular weight excluding hydrogens is 404 g/mol. The van der Waals surface area contributed by atoms with Gasteiger partial charge in [-0.05, 0) is 29.8 Å². The van der Waals surface area contributed by atoms with Crippen molar-refractivity contribution in [3.8, 4) is 45.8 Å². The summed E-state index contributed by atoms with van der Waals surface area (Å²) in [5.74, 6) is 4.27. The van der Waals surface area contributed by atoms with Crippen LogP contribution in [0.15, 0.2) is 39.4 Å². The lowest BCUT2D eigenvalue weighted by Crippen LogP contribution is -2.16. The summed E-state index contributed by atoms with van der Waals surface area (Å²) in [6.07, 6.45) is 0.389. The Morgan fingerprint density at radius 1 is 0.806 bits per heavy atom. The molecule has 0 spiro atoms. The predicted molar refractivity (Wildman–Crippen MR) is 104 cm³/mol. The second-order valence-corrected chi connectivity index (χ2v) is 7.03. The van der Waals surface area contributed by atoms with Gasteiger partial charge in [-0.1, -0.05) is 16.4 Å². The number of aryl methyl sites for hydroxylation is 1. The molecule has 0 amide bonds. The molecule has 0 saturated heterocycles. The van der Waals surface area contributed by atoms with Gasteiger partial charge in [-0.15, -0.1) is 0 Å². The predicted octanol–water partition coefficient (Wildman–Crippen LogP) is 3.19. The van der Waals surface area contributed by atoms with Gasteiger partial charge in [-0.3, -0.25) is 0 Å². The summed E-state index contributed by atoms with van der Waals surface area (Å²) in [5, 5.41) is 8.13. The fourth-order valence-electron chi connectivity index (χ4n) is 3.60. The maximum atomic E-state index is 5.80. The summed E-state index contributed by atoms with van der Waals surface area (Å²) in [4.78, 5) is 8.86. The zero-order valence-electron chi connectivity index (χ0n) is 16.5. The zero-order chi connectivity index (χ0) is 20.8. The quantitative estimate of drug-likeness (QED) is 0.487. The summed E-state index contributed by atoms with van der Waals surface area (Å²) in [7, 11) is 0. The minimum atomic E-state index is 0.173. The number of nitrogens with zero attached hydrogens (tertiary/aromatic N) is 4. The van der Waals surface area contributed by atoms with Crippen molar-refractivity contribution in [2.24, 2.45) is 0 Å². The summed E-state index contributed by atoms with van der Waals surface area (Å²) in [5.41, 5.74) is 2.29. The molecule has 31 heavy (non-hydrogen) atoms. The number of benzene rings is 2. The highest BCUT2D eigenvalue weighted by molar-refractivity contribution is 5.71. The molecule has 0 aliphatic carbocycles. The number of aromatic nitrogens is 4. The molecule has 2 aromatic heterocycles.